The number of nitrogens with two attached hydrogens (primary N) is 1. The molecule has 4 nitrogen and oxygen atoms in total. The quantitative estimate of drug-likeness (QED) is 0.603. The molecular formula is C16H26BrClN2O2S. The molecular weight excluding hydrogens is 400 g/mol. The van der Waals surface area contributed by atoms with E-state index in [1.807, 2.05) is 24.3 Å². The first-order valence-electron chi connectivity index (χ1n) is 7.70. The van der Waals surface area contributed by atoms with Gasteiger partial charge in [0.1, 0.15) is 0 Å². The second kappa shape index (κ2) is 12.9. The first-order valence-corrected chi connectivity index (χ1v) is 9.81. The predicted octanol–water partition coefficient (Wildman–Crippen LogP) is 3.39. The molecule has 0 aromatic heterocycles. The topological polar surface area (TPSA) is 72.2 Å². The normalized spacial score (nSPS) is 13.0. The van der Waals surface area contributed by atoms with Crippen LogP contribution < -0.4 is 11.1 Å². The lowest BCUT2D eigenvalue weighted by Crippen LogP contribution is -2.40. The molecule has 0 aliphatic carbocycles. The fourth-order valence-corrected chi connectivity index (χ4v) is 3.41. The van der Waals surface area contributed by atoms with E-state index in [2.05, 4.69) is 28.2 Å². The van der Waals surface area contributed by atoms with Crippen LogP contribution in [0.5, 0.6) is 0 Å². The lowest BCUT2D eigenvalue weighted by molar-refractivity contribution is -0.121. The summed E-state index contributed by atoms with van der Waals surface area (Å²) in [6.45, 7) is 2.59. The number of hydrogen-bond acceptors (Lipinski definition) is 3. The van der Waals surface area contributed by atoms with Crippen LogP contribution in [-0.2, 0) is 15.6 Å². The van der Waals surface area contributed by atoms with Crippen molar-refractivity contribution in [3.63, 3.8) is 0 Å². The van der Waals surface area contributed by atoms with E-state index in [-0.39, 0.29) is 24.4 Å². The van der Waals surface area contributed by atoms with Gasteiger partial charge < -0.3 is 11.1 Å². The van der Waals surface area contributed by atoms with Crippen LogP contribution >= 0.6 is 28.3 Å². The van der Waals surface area contributed by atoms with E-state index >= 15 is 0 Å². The Morgan fingerprint density at radius 1 is 1.30 bits per heavy atom. The SMILES string of the molecule is CCCCC(CN)NC(=O)CCCS(=O)c1ccc(Br)cc1.Cl. The van der Waals surface area contributed by atoms with Gasteiger partial charge in [-0.15, -0.1) is 12.4 Å². The molecule has 0 aliphatic rings. The zero-order chi connectivity index (χ0) is 16.4. The number of rotatable bonds is 10. The maximum absolute atomic E-state index is 12.1. The Labute approximate surface area is 156 Å². The molecule has 132 valence electrons. The first kappa shape index (κ1) is 22.6. The van der Waals surface area contributed by atoms with E-state index in [0.29, 0.717) is 25.1 Å². The molecule has 0 saturated carbocycles. The third-order valence-electron chi connectivity index (χ3n) is 3.37. The van der Waals surface area contributed by atoms with Gasteiger partial charge >= 0.3 is 0 Å². The van der Waals surface area contributed by atoms with Crippen molar-refractivity contribution in [2.24, 2.45) is 5.73 Å². The predicted molar refractivity (Wildman–Crippen MR) is 102 cm³/mol. The van der Waals surface area contributed by atoms with Crippen LogP contribution in [0.15, 0.2) is 33.6 Å². The molecule has 3 N–H and O–H groups in total. The van der Waals surface area contributed by atoms with Crippen LogP contribution in [0.2, 0.25) is 0 Å². The number of carbonyl (C=O) groups is 1. The minimum Gasteiger partial charge on any atom is -0.352 e. The third kappa shape index (κ3) is 9.45. The molecule has 0 spiro atoms. The maximum Gasteiger partial charge on any atom is 0.220 e. The number of hydrogen-bond donors (Lipinski definition) is 2. The van der Waals surface area contributed by atoms with Crippen molar-refractivity contribution in [2.75, 3.05) is 12.3 Å². The van der Waals surface area contributed by atoms with Gasteiger partial charge in [0.05, 0.1) is 10.8 Å². The largest absolute Gasteiger partial charge is 0.352 e. The summed E-state index contributed by atoms with van der Waals surface area (Å²) in [5.41, 5.74) is 5.66. The Hall–Kier alpha value is -0.430. The number of carbonyl (C=O) groups excluding carboxylic acids is 1. The number of halogens is 2. The van der Waals surface area contributed by atoms with Crippen molar-refractivity contribution in [2.45, 2.75) is 50.0 Å². The fourth-order valence-electron chi connectivity index (χ4n) is 2.07. The second-order valence-electron chi connectivity index (χ2n) is 5.25. The Morgan fingerprint density at radius 3 is 2.52 bits per heavy atom. The van der Waals surface area contributed by atoms with Crippen molar-refractivity contribution in [1.29, 1.82) is 0 Å². The first-order chi connectivity index (χ1) is 10.6. The second-order valence-corrected chi connectivity index (χ2v) is 7.74. The van der Waals surface area contributed by atoms with Crippen molar-refractivity contribution < 1.29 is 9.00 Å². The fraction of sp³-hybridized carbons (Fsp3) is 0.562. The molecule has 2 unspecified atom stereocenters. The van der Waals surface area contributed by atoms with Gasteiger partial charge in [-0.05, 0) is 37.1 Å². The average molecular weight is 426 g/mol. The van der Waals surface area contributed by atoms with Gasteiger partial charge in [0.2, 0.25) is 5.91 Å². The van der Waals surface area contributed by atoms with Gasteiger partial charge in [0, 0.05) is 34.1 Å². The van der Waals surface area contributed by atoms with E-state index in [1.165, 1.54) is 0 Å². The Morgan fingerprint density at radius 2 is 1.96 bits per heavy atom. The highest BCUT2D eigenvalue weighted by molar-refractivity contribution is 9.10. The maximum atomic E-state index is 12.1. The molecule has 1 rings (SSSR count). The lowest BCUT2D eigenvalue weighted by Gasteiger charge is -2.16. The number of nitrogens with one attached hydrogen (secondary N) is 1. The van der Waals surface area contributed by atoms with Crippen LogP contribution in [0.4, 0.5) is 0 Å². The lowest BCUT2D eigenvalue weighted by atomic mass is 10.1. The minimum absolute atomic E-state index is 0. The number of benzene rings is 1. The Kier molecular flexibility index (Phi) is 12.7. The van der Waals surface area contributed by atoms with Crippen molar-refractivity contribution in [1.82, 2.24) is 5.32 Å². The molecule has 2 atom stereocenters. The van der Waals surface area contributed by atoms with Crippen LogP contribution in [0.3, 0.4) is 0 Å². The summed E-state index contributed by atoms with van der Waals surface area (Å²) in [4.78, 5) is 12.7. The molecule has 0 bridgehead atoms. The molecule has 0 heterocycles. The standard InChI is InChI=1S/C16H25BrN2O2S.ClH/c1-2-3-5-14(12-18)19-16(20)6-4-11-22(21)15-9-7-13(17)8-10-15;/h7-10,14H,2-6,11-12,18H2,1H3,(H,19,20);1H. The van der Waals surface area contributed by atoms with E-state index in [4.69, 9.17) is 5.73 Å². The minimum atomic E-state index is -1.05. The summed E-state index contributed by atoms with van der Waals surface area (Å²) in [5, 5.41) is 2.95. The van der Waals surface area contributed by atoms with E-state index in [0.717, 1.165) is 28.6 Å². The summed E-state index contributed by atoms with van der Waals surface area (Å²) >= 11 is 3.35. The van der Waals surface area contributed by atoms with Crippen molar-refractivity contribution in [3.8, 4) is 0 Å². The molecule has 7 heteroatoms. The highest BCUT2D eigenvalue weighted by Crippen LogP contribution is 2.14. The average Bonchev–Trinajstić information content (AvgIpc) is 2.51. The van der Waals surface area contributed by atoms with Gasteiger partial charge in [0.25, 0.3) is 0 Å². The summed E-state index contributed by atoms with van der Waals surface area (Å²) in [7, 11) is -1.05. The number of amides is 1. The summed E-state index contributed by atoms with van der Waals surface area (Å²) in [5.74, 6) is 0.497. The van der Waals surface area contributed by atoms with Gasteiger partial charge in [0.15, 0.2) is 0 Å². The third-order valence-corrected chi connectivity index (χ3v) is 5.35. The summed E-state index contributed by atoms with van der Waals surface area (Å²) in [6.07, 6.45) is 4.09. The number of unbranched alkanes of at least 4 members (excludes halogenated alkanes) is 1. The van der Waals surface area contributed by atoms with Gasteiger partial charge in [-0.2, -0.15) is 0 Å². The van der Waals surface area contributed by atoms with E-state index < -0.39 is 10.8 Å². The summed E-state index contributed by atoms with van der Waals surface area (Å²) in [6, 6.07) is 7.49. The van der Waals surface area contributed by atoms with Crippen LogP contribution in [0.25, 0.3) is 0 Å². The Balaban J connectivity index is 0.00000484. The molecule has 0 aliphatic heterocycles. The highest BCUT2D eigenvalue weighted by atomic mass is 79.9. The monoisotopic (exact) mass is 424 g/mol. The van der Waals surface area contributed by atoms with E-state index in [1.54, 1.807) is 0 Å². The van der Waals surface area contributed by atoms with Crippen LogP contribution in [0, 0.1) is 0 Å². The van der Waals surface area contributed by atoms with Gasteiger partial charge in [-0.25, -0.2) is 0 Å². The molecule has 0 fully saturated rings. The van der Waals surface area contributed by atoms with Crippen LogP contribution in [-0.4, -0.2) is 28.5 Å². The van der Waals surface area contributed by atoms with E-state index in [9.17, 15) is 9.00 Å². The van der Waals surface area contributed by atoms with Gasteiger partial charge in [-0.3, -0.25) is 9.00 Å². The van der Waals surface area contributed by atoms with Crippen molar-refractivity contribution in [3.05, 3.63) is 28.7 Å². The molecule has 1 amide bonds. The Bertz CT molecular complexity index is 485. The van der Waals surface area contributed by atoms with Crippen molar-refractivity contribution >= 4 is 45.0 Å². The van der Waals surface area contributed by atoms with Gasteiger partial charge in [-0.1, -0.05) is 35.7 Å². The zero-order valence-corrected chi connectivity index (χ0v) is 16.6. The molecule has 1 aromatic carbocycles. The highest BCUT2D eigenvalue weighted by Gasteiger charge is 2.11. The molecule has 23 heavy (non-hydrogen) atoms. The van der Waals surface area contributed by atoms with Crippen LogP contribution in [0.1, 0.15) is 39.0 Å². The molecule has 0 saturated heterocycles. The molecule has 1 aromatic rings. The zero-order valence-electron chi connectivity index (χ0n) is 13.4. The summed E-state index contributed by atoms with van der Waals surface area (Å²) < 4.78 is 13.1. The molecule has 0 radical (unpaired) electrons. The smallest absolute Gasteiger partial charge is 0.220 e.